The highest BCUT2D eigenvalue weighted by molar-refractivity contribution is 7.92. The van der Waals surface area contributed by atoms with E-state index >= 15 is 0 Å². The van der Waals surface area contributed by atoms with Crippen molar-refractivity contribution in [2.45, 2.75) is 31.6 Å². The zero-order chi connectivity index (χ0) is 19.8. The molecule has 1 amide bonds. The largest absolute Gasteiger partial charge is 0.312 e. The molecule has 27 heavy (non-hydrogen) atoms. The van der Waals surface area contributed by atoms with E-state index in [0.717, 1.165) is 11.3 Å². The number of aryl methyl sites for hydroxylation is 1. The van der Waals surface area contributed by atoms with Crippen LogP contribution >= 0.6 is 0 Å². The van der Waals surface area contributed by atoms with E-state index < -0.39 is 14.9 Å². The topological polar surface area (TPSA) is 110 Å². The van der Waals surface area contributed by atoms with Gasteiger partial charge < -0.3 is 4.90 Å². The van der Waals surface area contributed by atoms with Crippen molar-refractivity contribution in [3.8, 4) is 0 Å². The molecular formula is C18H19N3O5S. The third kappa shape index (κ3) is 3.63. The summed E-state index contributed by atoms with van der Waals surface area (Å²) in [5.41, 5.74) is 2.06. The van der Waals surface area contributed by atoms with E-state index in [2.05, 4.69) is 4.72 Å². The van der Waals surface area contributed by atoms with Gasteiger partial charge in [0.1, 0.15) is 0 Å². The predicted octanol–water partition coefficient (Wildman–Crippen LogP) is 3.00. The standard InChI is InChI=1S/C18H19N3O5S/c1-3-18(22)20-9-8-13-10-15(6-7-17(13)20)27(25,26)19-16-11-14(21(23)24)5-4-12(16)2/h4-7,10-11,19H,3,8-9H2,1-2H3. The molecule has 3 rings (SSSR count). The predicted molar refractivity (Wildman–Crippen MR) is 101 cm³/mol. The lowest BCUT2D eigenvalue weighted by molar-refractivity contribution is -0.384. The number of carbonyl (C=O) groups excluding carboxylic acids is 1. The number of nitrogens with zero attached hydrogens (tertiary/aromatic N) is 2. The van der Waals surface area contributed by atoms with E-state index in [1.54, 1.807) is 30.9 Å². The second-order valence-corrected chi connectivity index (χ2v) is 7.98. The van der Waals surface area contributed by atoms with Gasteiger partial charge in [-0.1, -0.05) is 13.0 Å². The summed E-state index contributed by atoms with van der Waals surface area (Å²) in [5, 5.41) is 10.9. The third-order valence-corrected chi connectivity index (χ3v) is 5.90. The average Bonchev–Trinajstić information content (AvgIpc) is 3.05. The first kappa shape index (κ1) is 18.8. The Morgan fingerprint density at radius 2 is 2.00 bits per heavy atom. The molecule has 1 aliphatic heterocycles. The number of nitro benzene ring substituents is 1. The number of rotatable bonds is 5. The van der Waals surface area contributed by atoms with Crippen LogP contribution in [0.5, 0.6) is 0 Å². The van der Waals surface area contributed by atoms with Gasteiger partial charge in [-0.3, -0.25) is 19.6 Å². The second kappa shape index (κ2) is 6.99. The molecule has 0 aliphatic carbocycles. The van der Waals surface area contributed by atoms with Gasteiger partial charge >= 0.3 is 0 Å². The van der Waals surface area contributed by atoms with Gasteiger partial charge in [-0.15, -0.1) is 0 Å². The summed E-state index contributed by atoms with van der Waals surface area (Å²) >= 11 is 0. The van der Waals surface area contributed by atoms with Gasteiger partial charge in [-0.05, 0) is 42.7 Å². The number of carbonyl (C=O) groups is 1. The summed E-state index contributed by atoms with van der Waals surface area (Å²) in [6.45, 7) is 3.98. The minimum absolute atomic E-state index is 0.00491. The van der Waals surface area contributed by atoms with Crippen LogP contribution in [0.25, 0.3) is 0 Å². The molecule has 8 nitrogen and oxygen atoms in total. The Balaban J connectivity index is 1.92. The Kier molecular flexibility index (Phi) is 4.88. The molecule has 2 aromatic rings. The van der Waals surface area contributed by atoms with Crippen molar-refractivity contribution < 1.29 is 18.1 Å². The third-order valence-electron chi connectivity index (χ3n) is 4.54. The number of non-ortho nitro benzene ring substituents is 1. The number of hydrogen-bond donors (Lipinski definition) is 1. The summed E-state index contributed by atoms with van der Waals surface area (Å²) in [4.78, 5) is 24.0. The van der Waals surface area contributed by atoms with Gasteiger partial charge in [-0.25, -0.2) is 8.42 Å². The molecule has 0 saturated carbocycles. The van der Waals surface area contributed by atoms with Gasteiger partial charge in [-0.2, -0.15) is 0 Å². The molecular weight excluding hydrogens is 370 g/mol. The number of hydrogen-bond acceptors (Lipinski definition) is 5. The highest BCUT2D eigenvalue weighted by Crippen LogP contribution is 2.32. The highest BCUT2D eigenvalue weighted by atomic mass is 32.2. The van der Waals surface area contributed by atoms with E-state index in [1.165, 1.54) is 24.3 Å². The fourth-order valence-corrected chi connectivity index (χ4v) is 4.20. The smallest absolute Gasteiger partial charge is 0.271 e. The zero-order valence-electron chi connectivity index (χ0n) is 14.9. The summed E-state index contributed by atoms with van der Waals surface area (Å²) in [6.07, 6.45) is 0.966. The van der Waals surface area contributed by atoms with E-state index in [9.17, 15) is 23.3 Å². The first-order valence-corrected chi connectivity index (χ1v) is 9.92. The molecule has 0 saturated heterocycles. The average molecular weight is 389 g/mol. The van der Waals surface area contributed by atoms with Crippen LogP contribution in [0, 0.1) is 17.0 Å². The summed E-state index contributed by atoms with van der Waals surface area (Å²) < 4.78 is 27.9. The zero-order valence-corrected chi connectivity index (χ0v) is 15.7. The summed E-state index contributed by atoms with van der Waals surface area (Å²) in [7, 11) is -3.92. The Bertz CT molecular complexity index is 1030. The summed E-state index contributed by atoms with van der Waals surface area (Å²) in [6, 6.07) is 8.63. The van der Waals surface area contributed by atoms with E-state index in [1.807, 2.05) is 0 Å². The molecule has 0 bridgehead atoms. The molecule has 0 spiro atoms. The van der Waals surface area contributed by atoms with Crippen LogP contribution in [0.15, 0.2) is 41.3 Å². The van der Waals surface area contributed by atoms with Crippen LogP contribution in [-0.4, -0.2) is 25.8 Å². The molecule has 0 fully saturated rings. The molecule has 1 N–H and O–H groups in total. The van der Waals surface area contributed by atoms with Crippen LogP contribution in [-0.2, 0) is 21.2 Å². The van der Waals surface area contributed by atoms with Crippen LogP contribution in [0.2, 0.25) is 0 Å². The van der Waals surface area contributed by atoms with Crippen molar-refractivity contribution in [2.75, 3.05) is 16.2 Å². The van der Waals surface area contributed by atoms with Crippen LogP contribution in [0.1, 0.15) is 24.5 Å². The maximum absolute atomic E-state index is 12.7. The minimum Gasteiger partial charge on any atom is -0.312 e. The van der Waals surface area contributed by atoms with Gasteiger partial charge in [0, 0.05) is 30.8 Å². The van der Waals surface area contributed by atoms with Crippen molar-refractivity contribution in [1.29, 1.82) is 0 Å². The lowest BCUT2D eigenvalue weighted by atomic mass is 10.2. The monoisotopic (exact) mass is 389 g/mol. The number of anilines is 2. The lowest BCUT2D eigenvalue weighted by Gasteiger charge is -2.17. The quantitative estimate of drug-likeness (QED) is 0.624. The number of nitrogens with one attached hydrogen (secondary N) is 1. The molecule has 0 atom stereocenters. The second-order valence-electron chi connectivity index (χ2n) is 6.30. The maximum Gasteiger partial charge on any atom is 0.271 e. The van der Waals surface area contributed by atoms with Gasteiger partial charge in [0.05, 0.1) is 15.5 Å². The number of benzene rings is 2. The van der Waals surface area contributed by atoms with Crippen molar-refractivity contribution in [3.63, 3.8) is 0 Å². The van der Waals surface area contributed by atoms with E-state index in [-0.39, 0.29) is 22.2 Å². The summed E-state index contributed by atoms with van der Waals surface area (Å²) in [5.74, 6) is -0.00491. The number of amides is 1. The lowest BCUT2D eigenvalue weighted by Crippen LogP contribution is -2.27. The normalized spacial score (nSPS) is 13.3. The molecule has 2 aromatic carbocycles. The van der Waals surface area contributed by atoms with Gasteiger partial charge in [0.15, 0.2) is 0 Å². The number of sulfonamides is 1. The van der Waals surface area contributed by atoms with Crippen molar-refractivity contribution in [2.24, 2.45) is 0 Å². The highest BCUT2D eigenvalue weighted by Gasteiger charge is 2.26. The molecule has 142 valence electrons. The molecule has 1 heterocycles. The van der Waals surface area contributed by atoms with E-state index in [4.69, 9.17) is 0 Å². The molecule has 0 radical (unpaired) electrons. The first-order valence-electron chi connectivity index (χ1n) is 8.44. The first-order chi connectivity index (χ1) is 12.7. The fourth-order valence-electron chi connectivity index (χ4n) is 3.03. The van der Waals surface area contributed by atoms with Crippen LogP contribution in [0.4, 0.5) is 17.1 Å². The Labute approximate surface area is 157 Å². The Hall–Kier alpha value is -2.94. The van der Waals surface area contributed by atoms with Gasteiger partial charge in [0.25, 0.3) is 15.7 Å². The molecule has 0 unspecified atom stereocenters. The minimum atomic E-state index is -3.92. The Morgan fingerprint density at radius 3 is 2.67 bits per heavy atom. The number of nitro groups is 1. The molecule has 1 aliphatic rings. The maximum atomic E-state index is 12.7. The van der Waals surface area contributed by atoms with Gasteiger partial charge in [0.2, 0.25) is 5.91 Å². The van der Waals surface area contributed by atoms with E-state index in [0.29, 0.717) is 24.9 Å². The van der Waals surface area contributed by atoms with Crippen LogP contribution < -0.4 is 9.62 Å². The van der Waals surface area contributed by atoms with Crippen molar-refractivity contribution in [1.82, 2.24) is 0 Å². The SMILES string of the molecule is CCC(=O)N1CCc2cc(S(=O)(=O)Nc3cc([N+](=O)[O-])ccc3C)ccc21. The van der Waals surface area contributed by atoms with Crippen LogP contribution in [0.3, 0.4) is 0 Å². The Morgan fingerprint density at radius 1 is 1.26 bits per heavy atom. The van der Waals surface area contributed by atoms with Crippen molar-refractivity contribution >= 4 is 33.0 Å². The fraction of sp³-hybridized carbons (Fsp3) is 0.278. The molecule has 0 aromatic heterocycles. The number of fused-ring (bicyclic) bond motifs is 1. The molecule has 9 heteroatoms. The van der Waals surface area contributed by atoms with Crippen molar-refractivity contribution in [3.05, 3.63) is 57.6 Å².